The highest BCUT2D eigenvalue weighted by Crippen LogP contribution is 2.16. The van der Waals surface area contributed by atoms with E-state index in [2.05, 4.69) is 16.0 Å². The van der Waals surface area contributed by atoms with Crippen LogP contribution in [0.5, 0.6) is 11.5 Å². The molecule has 214 valence electrons. The number of rotatable bonds is 14. The molecule has 2 atom stereocenters. The van der Waals surface area contributed by atoms with Crippen molar-refractivity contribution < 1.29 is 23.8 Å². The molecular weight excluding hydrogens is 496 g/mol. The third-order valence-corrected chi connectivity index (χ3v) is 6.16. The number of carbonyl (C=O) groups is 2. The quantitative estimate of drug-likeness (QED) is 0.311. The van der Waals surface area contributed by atoms with Crippen molar-refractivity contribution >= 4 is 12.1 Å². The van der Waals surface area contributed by atoms with E-state index >= 15 is 0 Å². The maximum absolute atomic E-state index is 12.5. The number of amides is 3. The molecule has 0 spiro atoms. The van der Waals surface area contributed by atoms with Gasteiger partial charge in [-0.25, -0.2) is 9.59 Å². The Bertz CT molecular complexity index is 1040. The number of alkyl carbamates (subject to hydrolysis) is 1. The van der Waals surface area contributed by atoms with Crippen LogP contribution in [0.1, 0.15) is 45.7 Å². The molecule has 0 aromatic heterocycles. The second-order valence-electron chi connectivity index (χ2n) is 10.7. The fourth-order valence-electron chi connectivity index (χ4n) is 4.45. The van der Waals surface area contributed by atoms with Crippen molar-refractivity contribution in [3.63, 3.8) is 0 Å². The number of hydrogen-bond acceptors (Lipinski definition) is 6. The topological polar surface area (TPSA) is 101 Å². The van der Waals surface area contributed by atoms with Gasteiger partial charge in [-0.05, 0) is 82.9 Å². The average Bonchev–Trinajstić information content (AvgIpc) is 3.22. The van der Waals surface area contributed by atoms with Crippen LogP contribution in [0.3, 0.4) is 0 Å². The summed E-state index contributed by atoms with van der Waals surface area (Å²) >= 11 is 0. The van der Waals surface area contributed by atoms with Gasteiger partial charge in [0.2, 0.25) is 0 Å². The lowest BCUT2D eigenvalue weighted by atomic mass is 10.1. The van der Waals surface area contributed by atoms with Crippen molar-refractivity contribution in [3.8, 4) is 11.5 Å². The Morgan fingerprint density at radius 3 is 2.15 bits per heavy atom. The molecule has 2 aromatic rings. The van der Waals surface area contributed by atoms with Gasteiger partial charge in [0.1, 0.15) is 17.1 Å². The molecule has 1 heterocycles. The van der Waals surface area contributed by atoms with Gasteiger partial charge >= 0.3 is 12.1 Å². The second-order valence-corrected chi connectivity index (χ2v) is 10.7. The summed E-state index contributed by atoms with van der Waals surface area (Å²) in [4.78, 5) is 26.8. The first-order valence-electron chi connectivity index (χ1n) is 13.8. The lowest BCUT2D eigenvalue weighted by Gasteiger charge is -2.24. The second kappa shape index (κ2) is 14.6. The summed E-state index contributed by atoms with van der Waals surface area (Å²) in [7, 11) is 0. The zero-order valence-electron chi connectivity index (χ0n) is 23.9. The maximum atomic E-state index is 12.5. The molecule has 9 heteroatoms. The van der Waals surface area contributed by atoms with Gasteiger partial charge in [-0.15, -0.1) is 0 Å². The molecule has 0 bridgehead atoms. The predicted molar refractivity (Wildman–Crippen MR) is 153 cm³/mol. The summed E-state index contributed by atoms with van der Waals surface area (Å²) < 4.78 is 16.5. The first kappa shape index (κ1) is 30.1. The van der Waals surface area contributed by atoms with Gasteiger partial charge in [0, 0.05) is 32.2 Å². The summed E-state index contributed by atoms with van der Waals surface area (Å²) in [6.45, 7) is 13.1. The minimum Gasteiger partial charge on any atom is -0.494 e. The molecule has 39 heavy (non-hydrogen) atoms. The Hall–Kier alpha value is -3.46. The minimum absolute atomic E-state index is 0.0504. The Labute approximate surface area is 232 Å². The van der Waals surface area contributed by atoms with E-state index in [1.165, 1.54) is 0 Å². The van der Waals surface area contributed by atoms with Crippen molar-refractivity contribution in [1.82, 2.24) is 20.9 Å². The van der Waals surface area contributed by atoms with E-state index in [0.29, 0.717) is 45.8 Å². The summed E-state index contributed by atoms with van der Waals surface area (Å²) in [6.07, 6.45) is 0.954. The predicted octanol–water partition coefficient (Wildman–Crippen LogP) is 4.15. The number of nitrogens with zero attached hydrogens (tertiary/aromatic N) is 1. The molecule has 1 fully saturated rings. The van der Waals surface area contributed by atoms with E-state index in [4.69, 9.17) is 14.2 Å². The van der Waals surface area contributed by atoms with E-state index in [0.717, 1.165) is 29.0 Å². The number of nitrogens with one attached hydrogen (secondary N) is 3. The van der Waals surface area contributed by atoms with Crippen molar-refractivity contribution in [3.05, 3.63) is 59.7 Å². The molecule has 0 radical (unpaired) electrons. The van der Waals surface area contributed by atoms with Crippen molar-refractivity contribution in [2.75, 3.05) is 39.4 Å². The molecule has 1 aliphatic heterocycles. The third-order valence-electron chi connectivity index (χ3n) is 6.16. The molecule has 3 amide bonds. The van der Waals surface area contributed by atoms with E-state index < -0.39 is 11.7 Å². The van der Waals surface area contributed by atoms with Gasteiger partial charge in [-0.1, -0.05) is 24.3 Å². The Morgan fingerprint density at radius 1 is 1.00 bits per heavy atom. The lowest BCUT2D eigenvalue weighted by molar-refractivity contribution is 0.0503. The van der Waals surface area contributed by atoms with Crippen LogP contribution in [0.2, 0.25) is 0 Å². The molecule has 2 aromatic carbocycles. The Balaban J connectivity index is 1.48. The van der Waals surface area contributed by atoms with Crippen LogP contribution in [-0.2, 0) is 17.6 Å². The molecule has 0 saturated carbocycles. The van der Waals surface area contributed by atoms with Crippen molar-refractivity contribution in [1.29, 1.82) is 0 Å². The fraction of sp³-hybridized carbons (Fsp3) is 0.533. The van der Waals surface area contributed by atoms with Crippen LogP contribution in [0.15, 0.2) is 48.5 Å². The van der Waals surface area contributed by atoms with Crippen LogP contribution < -0.4 is 25.4 Å². The van der Waals surface area contributed by atoms with Gasteiger partial charge in [-0.3, -0.25) is 0 Å². The highest BCUT2D eigenvalue weighted by atomic mass is 16.6. The zero-order valence-corrected chi connectivity index (χ0v) is 23.9. The first-order valence-corrected chi connectivity index (χ1v) is 13.8. The van der Waals surface area contributed by atoms with Gasteiger partial charge in [0.25, 0.3) is 0 Å². The summed E-state index contributed by atoms with van der Waals surface area (Å²) in [5.41, 5.74) is 1.66. The SMILES string of the molecule is CCOc1ccc(C[C@@H](CNCCN2C[C@H](Cc3ccc(OCC)cc3)NC2=O)NC(=O)OC(C)(C)C)cc1. The number of benzene rings is 2. The van der Waals surface area contributed by atoms with Gasteiger partial charge < -0.3 is 35.1 Å². The van der Waals surface area contributed by atoms with Gasteiger partial charge in [-0.2, -0.15) is 0 Å². The number of hydrogen-bond donors (Lipinski definition) is 3. The van der Waals surface area contributed by atoms with Crippen LogP contribution >= 0.6 is 0 Å². The average molecular weight is 541 g/mol. The summed E-state index contributed by atoms with van der Waals surface area (Å²) in [5, 5.41) is 9.47. The van der Waals surface area contributed by atoms with E-state index in [1.807, 2.05) is 88.0 Å². The Kier molecular flexibility index (Phi) is 11.3. The van der Waals surface area contributed by atoms with Gasteiger partial charge in [0.15, 0.2) is 0 Å². The van der Waals surface area contributed by atoms with Crippen LogP contribution in [-0.4, -0.2) is 74.1 Å². The molecule has 9 nitrogen and oxygen atoms in total. The van der Waals surface area contributed by atoms with Crippen LogP contribution in [0.25, 0.3) is 0 Å². The van der Waals surface area contributed by atoms with E-state index in [9.17, 15) is 9.59 Å². The highest BCUT2D eigenvalue weighted by molar-refractivity contribution is 5.77. The van der Waals surface area contributed by atoms with Crippen molar-refractivity contribution in [2.45, 2.75) is 65.1 Å². The molecule has 3 rings (SSSR count). The summed E-state index contributed by atoms with van der Waals surface area (Å²) in [6, 6.07) is 15.7. The fourth-order valence-corrected chi connectivity index (χ4v) is 4.45. The molecule has 0 aliphatic carbocycles. The first-order chi connectivity index (χ1) is 18.6. The Morgan fingerprint density at radius 2 is 1.59 bits per heavy atom. The van der Waals surface area contributed by atoms with E-state index in [-0.39, 0.29) is 18.1 Å². The molecule has 0 unspecified atom stereocenters. The smallest absolute Gasteiger partial charge is 0.407 e. The zero-order chi connectivity index (χ0) is 28.3. The molecular formula is C30H44N4O5. The molecule has 3 N–H and O–H groups in total. The summed E-state index contributed by atoms with van der Waals surface area (Å²) in [5.74, 6) is 1.67. The minimum atomic E-state index is -0.577. The standard InChI is InChI=1S/C30H44N4O5/c1-6-37-26-12-8-22(9-13-26)18-24(33-29(36)39-30(3,4)5)20-31-16-17-34-21-25(32-28(34)35)19-23-10-14-27(15-11-23)38-7-2/h8-15,24-25,31H,6-7,16-21H2,1-5H3,(H,32,35)(H,33,36)/t24-,25-/m0/s1. The number of ether oxygens (including phenoxy) is 3. The lowest BCUT2D eigenvalue weighted by Crippen LogP contribution is -2.46. The normalized spacial score (nSPS) is 16.0. The maximum Gasteiger partial charge on any atom is 0.407 e. The van der Waals surface area contributed by atoms with Crippen molar-refractivity contribution in [2.24, 2.45) is 0 Å². The highest BCUT2D eigenvalue weighted by Gasteiger charge is 2.28. The monoisotopic (exact) mass is 540 g/mol. The van der Waals surface area contributed by atoms with Crippen LogP contribution in [0, 0.1) is 0 Å². The van der Waals surface area contributed by atoms with Gasteiger partial charge in [0.05, 0.1) is 19.3 Å². The van der Waals surface area contributed by atoms with Crippen LogP contribution in [0.4, 0.5) is 9.59 Å². The third kappa shape index (κ3) is 10.7. The number of urea groups is 1. The molecule has 1 saturated heterocycles. The van der Waals surface area contributed by atoms with E-state index in [1.54, 1.807) is 0 Å². The number of carbonyl (C=O) groups excluding carboxylic acids is 2. The largest absolute Gasteiger partial charge is 0.494 e. The molecule has 1 aliphatic rings.